The third-order valence-corrected chi connectivity index (χ3v) is 6.89. The molecule has 0 bridgehead atoms. The van der Waals surface area contributed by atoms with Crippen LogP contribution in [0.15, 0.2) is 59.4 Å². The number of nitrogens with zero attached hydrogens (tertiary/aromatic N) is 4. The molecule has 0 spiro atoms. The van der Waals surface area contributed by atoms with Crippen molar-refractivity contribution < 1.29 is 9.18 Å². The first-order chi connectivity index (χ1) is 15.5. The highest BCUT2D eigenvalue weighted by Crippen LogP contribution is 2.36. The van der Waals surface area contributed by atoms with Gasteiger partial charge >= 0.3 is 0 Å². The summed E-state index contributed by atoms with van der Waals surface area (Å²) in [5.41, 5.74) is 0.889. The van der Waals surface area contributed by atoms with Gasteiger partial charge in [-0.2, -0.15) is 5.10 Å². The molecule has 8 heteroatoms. The summed E-state index contributed by atoms with van der Waals surface area (Å²) in [6.45, 7) is 2.19. The van der Waals surface area contributed by atoms with E-state index in [0.29, 0.717) is 12.2 Å². The molecular weight excluding hydrogens is 427 g/mol. The maximum atomic E-state index is 14.4. The van der Waals surface area contributed by atoms with Crippen molar-refractivity contribution in [2.75, 3.05) is 6.54 Å². The summed E-state index contributed by atoms with van der Waals surface area (Å²) < 4.78 is 16.8. The van der Waals surface area contributed by atoms with Crippen molar-refractivity contribution in [2.24, 2.45) is 0 Å². The zero-order valence-electron chi connectivity index (χ0n) is 17.5. The molecule has 1 aliphatic heterocycles. The van der Waals surface area contributed by atoms with Crippen molar-refractivity contribution >= 4 is 27.5 Å². The Morgan fingerprint density at radius 3 is 2.72 bits per heavy atom. The number of piperidine rings is 1. The topological polar surface area (TPSA) is 68.1 Å². The van der Waals surface area contributed by atoms with Crippen molar-refractivity contribution in [1.82, 2.24) is 19.7 Å². The monoisotopic (exact) mass is 448 g/mol. The molecule has 0 aliphatic carbocycles. The summed E-state index contributed by atoms with van der Waals surface area (Å²) in [7, 11) is 0. The van der Waals surface area contributed by atoms with Gasteiger partial charge in [0.2, 0.25) is 5.43 Å². The maximum Gasteiger partial charge on any atom is 0.278 e. The fourth-order valence-electron chi connectivity index (χ4n) is 4.16. The van der Waals surface area contributed by atoms with E-state index in [0.717, 1.165) is 34.5 Å². The van der Waals surface area contributed by atoms with Crippen LogP contribution in [0.3, 0.4) is 0 Å². The number of carbonyl (C=O) groups excluding carboxylic acids is 1. The number of para-hydroxylation sites is 2. The molecule has 0 radical (unpaired) electrons. The zero-order chi connectivity index (χ0) is 22.2. The Labute approximate surface area is 188 Å². The lowest BCUT2D eigenvalue weighted by Gasteiger charge is -2.34. The second-order valence-electron chi connectivity index (χ2n) is 7.89. The molecule has 1 saturated heterocycles. The highest BCUT2D eigenvalue weighted by Gasteiger charge is 2.33. The van der Waals surface area contributed by atoms with Crippen LogP contribution in [0, 0.1) is 12.7 Å². The van der Waals surface area contributed by atoms with E-state index in [1.165, 1.54) is 16.8 Å². The smallest absolute Gasteiger partial charge is 0.278 e. The van der Waals surface area contributed by atoms with Crippen LogP contribution in [0.1, 0.15) is 46.5 Å². The summed E-state index contributed by atoms with van der Waals surface area (Å²) in [6, 6.07) is 15.2. The van der Waals surface area contributed by atoms with Gasteiger partial charge in [-0.1, -0.05) is 24.3 Å². The second-order valence-corrected chi connectivity index (χ2v) is 8.95. The van der Waals surface area contributed by atoms with Gasteiger partial charge in [0, 0.05) is 18.3 Å². The first-order valence-electron chi connectivity index (χ1n) is 10.6. The zero-order valence-corrected chi connectivity index (χ0v) is 18.3. The average molecular weight is 449 g/mol. The van der Waals surface area contributed by atoms with Crippen LogP contribution >= 0.6 is 11.3 Å². The molecule has 2 aromatic carbocycles. The molecule has 1 aliphatic rings. The Bertz CT molecular complexity index is 1350. The summed E-state index contributed by atoms with van der Waals surface area (Å²) in [5.74, 6) is -0.917. The van der Waals surface area contributed by atoms with Gasteiger partial charge in [0.05, 0.1) is 16.3 Å². The van der Waals surface area contributed by atoms with Gasteiger partial charge in [-0.05, 0) is 50.5 Å². The Hall–Kier alpha value is -3.39. The second kappa shape index (κ2) is 8.27. The first kappa shape index (κ1) is 20.5. The molecule has 1 fully saturated rings. The highest BCUT2D eigenvalue weighted by atomic mass is 32.1. The molecule has 5 rings (SSSR count). The van der Waals surface area contributed by atoms with Crippen LogP contribution in [0.25, 0.3) is 15.9 Å². The third kappa shape index (κ3) is 3.60. The van der Waals surface area contributed by atoms with E-state index in [1.54, 1.807) is 41.4 Å². The van der Waals surface area contributed by atoms with Crippen LogP contribution in [0.4, 0.5) is 4.39 Å². The van der Waals surface area contributed by atoms with E-state index in [-0.39, 0.29) is 17.4 Å². The fraction of sp³-hybridized carbons (Fsp3) is 0.250. The molecule has 4 aromatic rings. The van der Waals surface area contributed by atoms with Crippen molar-refractivity contribution in [2.45, 2.75) is 32.2 Å². The van der Waals surface area contributed by atoms with E-state index >= 15 is 0 Å². The molecule has 1 unspecified atom stereocenters. The number of hydrogen-bond acceptors (Lipinski definition) is 5. The van der Waals surface area contributed by atoms with Gasteiger partial charge in [0.1, 0.15) is 16.5 Å². The number of likely N-dealkylation sites (tertiary alicyclic amines) is 1. The van der Waals surface area contributed by atoms with Gasteiger partial charge in [0.15, 0.2) is 5.69 Å². The number of aromatic nitrogens is 3. The number of aryl methyl sites for hydroxylation is 1. The molecule has 6 nitrogen and oxygen atoms in total. The van der Waals surface area contributed by atoms with Crippen LogP contribution < -0.4 is 5.43 Å². The van der Waals surface area contributed by atoms with Gasteiger partial charge in [0.25, 0.3) is 5.91 Å². The Kier molecular flexibility index (Phi) is 5.30. The molecule has 32 heavy (non-hydrogen) atoms. The Balaban J connectivity index is 1.55. The SMILES string of the molecule is Cc1cc(=O)c(C(=O)N2CCCCC2c2nc3ccccc3s2)nn1-c1ccccc1F. The molecule has 0 N–H and O–H groups in total. The molecule has 0 saturated carbocycles. The number of amides is 1. The summed E-state index contributed by atoms with van der Waals surface area (Å²) in [4.78, 5) is 32.7. The van der Waals surface area contributed by atoms with Crippen molar-refractivity contribution in [3.8, 4) is 5.69 Å². The number of rotatable bonds is 3. The lowest BCUT2D eigenvalue weighted by Crippen LogP contribution is -2.41. The van der Waals surface area contributed by atoms with E-state index in [1.807, 2.05) is 24.3 Å². The fourth-order valence-corrected chi connectivity index (χ4v) is 5.28. The predicted molar refractivity (Wildman–Crippen MR) is 122 cm³/mol. The lowest BCUT2D eigenvalue weighted by molar-refractivity contribution is 0.0601. The molecule has 2 aromatic heterocycles. The van der Waals surface area contributed by atoms with Crippen molar-refractivity contribution in [3.63, 3.8) is 0 Å². The maximum absolute atomic E-state index is 14.4. The summed E-state index contributed by atoms with van der Waals surface area (Å²) >= 11 is 1.57. The van der Waals surface area contributed by atoms with E-state index in [4.69, 9.17) is 4.98 Å². The van der Waals surface area contributed by atoms with E-state index in [9.17, 15) is 14.0 Å². The Morgan fingerprint density at radius 2 is 1.91 bits per heavy atom. The largest absolute Gasteiger partial charge is 0.328 e. The lowest BCUT2D eigenvalue weighted by atomic mass is 10.0. The molecule has 1 atom stereocenters. The quantitative estimate of drug-likeness (QED) is 0.457. The molecule has 1 amide bonds. The minimum absolute atomic E-state index is 0.195. The van der Waals surface area contributed by atoms with E-state index in [2.05, 4.69) is 5.10 Å². The number of thiazole rings is 1. The van der Waals surface area contributed by atoms with Crippen molar-refractivity contribution in [1.29, 1.82) is 0 Å². The van der Waals surface area contributed by atoms with Gasteiger partial charge < -0.3 is 4.90 Å². The van der Waals surface area contributed by atoms with E-state index < -0.39 is 17.2 Å². The molecular formula is C24H21FN4O2S. The van der Waals surface area contributed by atoms with Crippen molar-refractivity contribution in [3.05, 3.63) is 87.0 Å². The van der Waals surface area contributed by atoms with Crippen LogP contribution in [-0.2, 0) is 0 Å². The number of fused-ring (bicyclic) bond motifs is 1. The van der Waals surface area contributed by atoms with Crippen LogP contribution in [0.5, 0.6) is 0 Å². The summed E-state index contributed by atoms with van der Waals surface area (Å²) in [6.07, 6.45) is 2.60. The Morgan fingerprint density at radius 1 is 1.12 bits per heavy atom. The first-order valence-corrected chi connectivity index (χ1v) is 11.4. The minimum Gasteiger partial charge on any atom is -0.328 e. The molecule has 162 valence electrons. The number of benzene rings is 2. The average Bonchev–Trinajstić information content (AvgIpc) is 3.24. The number of carbonyl (C=O) groups is 1. The third-order valence-electron chi connectivity index (χ3n) is 5.75. The van der Waals surface area contributed by atoms with Gasteiger partial charge in [-0.3, -0.25) is 9.59 Å². The normalized spacial score (nSPS) is 16.4. The predicted octanol–water partition coefficient (Wildman–Crippen LogP) is 4.66. The van der Waals surface area contributed by atoms with Gasteiger partial charge in [-0.25, -0.2) is 14.1 Å². The van der Waals surface area contributed by atoms with Crippen LogP contribution in [-0.4, -0.2) is 32.1 Å². The highest BCUT2D eigenvalue weighted by molar-refractivity contribution is 7.18. The number of halogens is 1. The van der Waals surface area contributed by atoms with Crippen LogP contribution in [0.2, 0.25) is 0 Å². The minimum atomic E-state index is -0.476. The van der Waals surface area contributed by atoms with Gasteiger partial charge in [-0.15, -0.1) is 11.3 Å². The standard InChI is InChI=1S/C24H21FN4O2S/c1-15-14-20(30)22(27-29(15)18-10-4-2-8-16(18)25)24(31)28-13-7-6-11-19(28)23-26-17-9-3-5-12-21(17)32-23/h2-5,8-10,12,14,19H,6-7,11,13H2,1H3. The number of hydrogen-bond donors (Lipinski definition) is 0. The molecule has 3 heterocycles. The summed E-state index contributed by atoms with van der Waals surface area (Å²) in [5, 5.41) is 5.17.